The van der Waals surface area contributed by atoms with Gasteiger partial charge in [0.25, 0.3) is 0 Å². The van der Waals surface area contributed by atoms with Crippen molar-refractivity contribution in [2.45, 2.75) is 19.8 Å². The van der Waals surface area contributed by atoms with Gasteiger partial charge in [0.2, 0.25) is 0 Å². The number of carbonyl (C=O) groups is 1. The average Bonchev–Trinajstić information content (AvgIpc) is 2.47. The SMILES string of the molecule is CCOC(=O)CN(CCCCS)c1ccc(OC)cc1. The predicted molar refractivity (Wildman–Crippen MR) is 84.9 cm³/mol. The number of nitrogens with zero attached hydrogens (tertiary/aromatic N) is 1. The van der Waals surface area contributed by atoms with Gasteiger partial charge in [-0.3, -0.25) is 4.79 Å². The molecule has 0 saturated carbocycles. The molecule has 0 aliphatic heterocycles. The number of ether oxygens (including phenoxy) is 2. The zero-order chi connectivity index (χ0) is 14.8. The minimum absolute atomic E-state index is 0.200. The van der Waals surface area contributed by atoms with E-state index in [0.29, 0.717) is 6.61 Å². The van der Waals surface area contributed by atoms with Crippen LogP contribution in [0.2, 0.25) is 0 Å². The van der Waals surface area contributed by atoms with E-state index in [1.54, 1.807) is 7.11 Å². The lowest BCUT2D eigenvalue weighted by Crippen LogP contribution is -2.32. The molecule has 0 aromatic heterocycles. The second kappa shape index (κ2) is 9.53. The summed E-state index contributed by atoms with van der Waals surface area (Å²) < 4.78 is 10.2. The molecular weight excluding hydrogens is 274 g/mol. The third-order valence-corrected chi connectivity index (χ3v) is 3.22. The lowest BCUT2D eigenvalue weighted by Gasteiger charge is -2.24. The zero-order valence-electron chi connectivity index (χ0n) is 12.2. The minimum Gasteiger partial charge on any atom is -0.497 e. The number of esters is 1. The molecule has 0 heterocycles. The first-order valence-corrected chi connectivity index (χ1v) is 7.50. The highest BCUT2D eigenvalue weighted by Gasteiger charge is 2.12. The number of rotatable bonds is 9. The van der Waals surface area contributed by atoms with E-state index in [1.165, 1.54) is 0 Å². The van der Waals surface area contributed by atoms with Gasteiger partial charge in [0.1, 0.15) is 12.3 Å². The van der Waals surface area contributed by atoms with E-state index in [-0.39, 0.29) is 12.5 Å². The third kappa shape index (κ3) is 5.74. The molecule has 0 radical (unpaired) electrons. The molecule has 0 bridgehead atoms. The molecule has 0 fully saturated rings. The number of anilines is 1. The Hall–Kier alpha value is -1.36. The zero-order valence-corrected chi connectivity index (χ0v) is 13.1. The summed E-state index contributed by atoms with van der Waals surface area (Å²) in [4.78, 5) is 13.7. The van der Waals surface area contributed by atoms with Crippen LogP contribution in [0, 0.1) is 0 Å². The van der Waals surface area contributed by atoms with E-state index in [4.69, 9.17) is 9.47 Å². The monoisotopic (exact) mass is 297 g/mol. The summed E-state index contributed by atoms with van der Waals surface area (Å²) in [5.41, 5.74) is 0.998. The maximum atomic E-state index is 11.7. The largest absolute Gasteiger partial charge is 0.497 e. The summed E-state index contributed by atoms with van der Waals surface area (Å²) in [5.74, 6) is 1.46. The first-order chi connectivity index (χ1) is 9.71. The Morgan fingerprint density at radius 2 is 1.95 bits per heavy atom. The van der Waals surface area contributed by atoms with Gasteiger partial charge in [0.15, 0.2) is 0 Å². The van der Waals surface area contributed by atoms with Gasteiger partial charge in [-0.05, 0) is 49.8 Å². The molecule has 112 valence electrons. The van der Waals surface area contributed by atoms with Crippen molar-refractivity contribution >= 4 is 24.3 Å². The minimum atomic E-state index is -0.200. The van der Waals surface area contributed by atoms with E-state index in [9.17, 15) is 4.79 Å². The number of methoxy groups -OCH3 is 1. The van der Waals surface area contributed by atoms with Gasteiger partial charge in [0.05, 0.1) is 13.7 Å². The van der Waals surface area contributed by atoms with Crippen molar-refractivity contribution < 1.29 is 14.3 Å². The Kier molecular flexibility index (Phi) is 7.95. The first kappa shape index (κ1) is 16.7. The van der Waals surface area contributed by atoms with Crippen LogP contribution >= 0.6 is 12.6 Å². The van der Waals surface area contributed by atoms with Crippen LogP contribution in [-0.4, -0.2) is 38.5 Å². The van der Waals surface area contributed by atoms with Gasteiger partial charge < -0.3 is 14.4 Å². The van der Waals surface area contributed by atoms with Crippen molar-refractivity contribution in [3.63, 3.8) is 0 Å². The molecule has 0 spiro atoms. The van der Waals surface area contributed by atoms with Gasteiger partial charge in [0, 0.05) is 12.2 Å². The highest BCUT2D eigenvalue weighted by molar-refractivity contribution is 7.80. The summed E-state index contributed by atoms with van der Waals surface area (Å²) in [6, 6.07) is 7.70. The van der Waals surface area contributed by atoms with Crippen molar-refractivity contribution in [2.75, 3.05) is 37.5 Å². The van der Waals surface area contributed by atoms with Crippen molar-refractivity contribution in [1.82, 2.24) is 0 Å². The summed E-state index contributed by atoms with van der Waals surface area (Å²) in [6.07, 6.45) is 2.02. The first-order valence-electron chi connectivity index (χ1n) is 6.86. The Morgan fingerprint density at radius 1 is 1.25 bits per heavy atom. The van der Waals surface area contributed by atoms with Gasteiger partial charge >= 0.3 is 5.97 Å². The van der Waals surface area contributed by atoms with Gasteiger partial charge in [-0.1, -0.05) is 0 Å². The van der Waals surface area contributed by atoms with E-state index in [1.807, 2.05) is 36.1 Å². The second-order valence-electron chi connectivity index (χ2n) is 4.36. The molecule has 20 heavy (non-hydrogen) atoms. The molecule has 0 unspecified atom stereocenters. The molecule has 0 amide bonds. The van der Waals surface area contributed by atoms with Gasteiger partial charge in [-0.25, -0.2) is 0 Å². The Bertz CT molecular complexity index is 395. The van der Waals surface area contributed by atoms with Crippen molar-refractivity contribution in [3.05, 3.63) is 24.3 Å². The number of thiol groups is 1. The van der Waals surface area contributed by atoms with Gasteiger partial charge in [-0.2, -0.15) is 12.6 Å². The maximum absolute atomic E-state index is 11.7. The molecule has 0 aliphatic rings. The molecule has 0 atom stereocenters. The molecule has 0 aliphatic carbocycles. The average molecular weight is 297 g/mol. The number of hydrogen-bond donors (Lipinski definition) is 1. The van der Waals surface area contributed by atoms with Crippen LogP contribution in [0.3, 0.4) is 0 Å². The topological polar surface area (TPSA) is 38.8 Å². The highest BCUT2D eigenvalue weighted by atomic mass is 32.1. The summed E-state index contributed by atoms with van der Waals surface area (Å²) in [5, 5.41) is 0. The molecule has 1 aromatic rings. The summed E-state index contributed by atoms with van der Waals surface area (Å²) in [7, 11) is 1.64. The smallest absolute Gasteiger partial charge is 0.325 e. The third-order valence-electron chi connectivity index (χ3n) is 2.90. The summed E-state index contributed by atoms with van der Waals surface area (Å²) >= 11 is 4.21. The standard InChI is InChI=1S/C15H23NO3S/c1-3-19-15(17)12-16(10-4-5-11-20)13-6-8-14(18-2)9-7-13/h6-9,20H,3-5,10-12H2,1-2H3. The summed E-state index contributed by atoms with van der Waals surface area (Å²) in [6.45, 7) is 3.31. The van der Waals surface area contributed by atoms with Crippen molar-refractivity contribution in [2.24, 2.45) is 0 Å². The quantitative estimate of drug-likeness (QED) is 0.432. The number of unbranched alkanes of at least 4 members (excludes halogenated alkanes) is 1. The normalized spacial score (nSPS) is 10.2. The second-order valence-corrected chi connectivity index (χ2v) is 4.80. The fourth-order valence-corrected chi connectivity index (χ4v) is 2.09. The van der Waals surface area contributed by atoms with Crippen LogP contribution in [0.1, 0.15) is 19.8 Å². The van der Waals surface area contributed by atoms with E-state index < -0.39 is 0 Å². The molecule has 1 aromatic carbocycles. The Morgan fingerprint density at radius 3 is 2.50 bits per heavy atom. The lowest BCUT2D eigenvalue weighted by molar-refractivity contribution is -0.141. The molecule has 5 heteroatoms. The lowest BCUT2D eigenvalue weighted by atomic mass is 10.2. The van der Waals surface area contributed by atoms with Crippen LogP contribution < -0.4 is 9.64 Å². The predicted octanol–water partition coefficient (Wildman–Crippen LogP) is 2.77. The van der Waals surface area contributed by atoms with Crippen LogP contribution in [0.4, 0.5) is 5.69 Å². The van der Waals surface area contributed by atoms with E-state index in [0.717, 1.165) is 36.6 Å². The molecular formula is C15H23NO3S. The van der Waals surface area contributed by atoms with Crippen LogP contribution in [0.5, 0.6) is 5.75 Å². The van der Waals surface area contributed by atoms with E-state index >= 15 is 0 Å². The van der Waals surface area contributed by atoms with Crippen molar-refractivity contribution in [3.8, 4) is 5.75 Å². The molecule has 4 nitrogen and oxygen atoms in total. The molecule has 0 saturated heterocycles. The highest BCUT2D eigenvalue weighted by Crippen LogP contribution is 2.19. The number of benzene rings is 1. The maximum Gasteiger partial charge on any atom is 0.325 e. The van der Waals surface area contributed by atoms with Crippen molar-refractivity contribution in [1.29, 1.82) is 0 Å². The Balaban J connectivity index is 2.70. The Labute approximate surface area is 126 Å². The fourth-order valence-electron chi connectivity index (χ4n) is 1.87. The van der Waals surface area contributed by atoms with Gasteiger partial charge in [-0.15, -0.1) is 0 Å². The van der Waals surface area contributed by atoms with Crippen LogP contribution in [-0.2, 0) is 9.53 Å². The van der Waals surface area contributed by atoms with Crippen LogP contribution in [0.15, 0.2) is 24.3 Å². The fraction of sp³-hybridized carbons (Fsp3) is 0.533. The number of carbonyl (C=O) groups excluding carboxylic acids is 1. The molecule has 1 rings (SSSR count). The number of hydrogen-bond acceptors (Lipinski definition) is 5. The van der Waals surface area contributed by atoms with E-state index in [2.05, 4.69) is 12.6 Å². The van der Waals surface area contributed by atoms with Crippen LogP contribution in [0.25, 0.3) is 0 Å². The molecule has 0 N–H and O–H groups in total.